The van der Waals surface area contributed by atoms with Gasteiger partial charge in [0.1, 0.15) is 11.6 Å². The highest BCUT2D eigenvalue weighted by atomic mass is 19.3. The first-order valence-corrected chi connectivity index (χ1v) is 5.61. The van der Waals surface area contributed by atoms with Crippen LogP contribution in [0, 0.1) is 11.3 Å². The molecule has 0 atom stereocenters. The molecule has 106 valence electrons. The third kappa shape index (κ3) is 4.24. The molecule has 0 aliphatic heterocycles. The summed E-state index contributed by atoms with van der Waals surface area (Å²) in [7, 11) is 0. The van der Waals surface area contributed by atoms with Gasteiger partial charge in [-0.25, -0.2) is 0 Å². The predicted molar refractivity (Wildman–Crippen MR) is 67.0 cm³/mol. The third-order valence-corrected chi connectivity index (χ3v) is 2.18. The number of hydrogen-bond acceptors (Lipinski definition) is 4. The summed E-state index contributed by atoms with van der Waals surface area (Å²) < 4.78 is 33.9. The highest BCUT2D eigenvalue weighted by Gasteiger charge is 2.12. The molecule has 1 aromatic rings. The summed E-state index contributed by atoms with van der Waals surface area (Å²) in [5.41, 5.74) is 5.16. The van der Waals surface area contributed by atoms with E-state index in [4.69, 9.17) is 15.7 Å². The molecule has 20 heavy (non-hydrogen) atoms. The van der Waals surface area contributed by atoms with Crippen LogP contribution in [-0.4, -0.2) is 19.1 Å². The number of alkyl halides is 2. The maximum absolute atomic E-state index is 12.2. The number of ether oxygens (including phenoxy) is 2. The van der Waals surface area contributed by atoms with Gasteiger partial charge in [-0.05, 0) is 30.7 Å². The SMILES string of the molecule is CCOc1cc(/C=C(\C#N)C(N)=O)ccc1OC(F)F. The number of rotatable bonds is 6. The van der Waals surface area contributed by atoms with E-state index in [-0.39, 0.29) is 23.7 Å². The predicted octanol–water partition coefficient (Wildman–Crippen LogP) is 2.08. The van der Waals surface area contributed by atoms with Crippen molar-refractivity contribution in [2.45, 2.75) is 13.5 Å². The molecule has 0 aromatic heterocycles. The second-order valence-corrected chi connectivity index (χ2v) is 3.55. The summed E-state index contributed by atoms with van der Waals surface area (Å²) in [6.07, 6.45) is 1.23. The maximum atomic E-state index is 12.2. The fourth-order valence-electron chi connectivity index (χ4n) is 1.40. The van der Waals surface area contributed by atoms with E-state index in [1.54, 1.807) is 13.0 Å². The van der Waals surface area contributed by atoms with Crippen molar-refractivity contribution < 1.29 is 23.0 Å². The zero-order valence-electron chi connectivity index (χ0n) is 10.6. The van der Waals surface area contributed by atoms with Crippen molar-refractivity contribution in [3.05, 3.63) is 29.3 Å². The Hall–Kier alpha value is -2.62. The largest absolute Gasteiger partial charge is 0.490 e. The lowest BCUT2D eigenvalue weighted by Gasteiger charge is -2.11. The Kier molecular flexibility index (Phi) is 5.47. The molecule has 5 nitrogen and oxygen atoms in total. The van der Waals surface area contributed by atoms with E-state index < -0.39 is 12.5 Å². The number of primary amides is 1. The van der Waals surface area contributed by atoms with Crippen molar-refractivity contribution in [1.29, 1.82) is 5.26 Å². The van der Waals surface area contributed by atoms with Gasteiger partial charge >= 0.3 is 6.61 Å². The molecule has 0 aliphatic carbocycles. The standard InChI is InChI=1S/C13H12F2N2O3/c1-2-19-11-6-8(5-9(7-16)12(17)18)3-4-10(11)20-13(14)15/h3-6,13H,2H2,1H3,(H2,17,18)/b9-5+. The molecule has 0 saturated carbocycles. The Bertz CT molecular complexity index is 565. The van der Waals surface area contributed by atoms with Crippen LogP contribution in [0.25, 0.3) is 6.08 Å². The van der Waals surface area contributed by atoms with Gasteiger partial charge in [-0.3, -0.25) is 4.79 Å². The number of halogens is 2. The smallest absolute Gasteiger partial charge is 0.387 e. The molecule has 1 amide bonds. The van der Waals surface area contributed by atoms with Crippen molar-refractivity contribution in [3.63, 3.8) is 0 Å². The van der Waals surface area contributed by atoms with Crippen LogP contribution >= 0.6 is 0 Å². The summed E-state index contributed by atoms with van der Waals surface area (Å²) in [5, 5.41) is 8.73. The second kappa shape index (κ2) is 7.09. The number of nitrogens with zero attached hydrogens (tertiary/aromatic N) is 1. The number of nitriles is 1. The molecule has 1 rings (SSSR count). The fraction of sp³-hybridized carbons (Fsp3) is 0.231. The Labute approximate surface area is 114 Å². The van der Waals surface area contributed by atoms with E-state index in [0.717, 1.165) is 0 Å². The lowest BCUT2D eigenvalue weighted by Crippen LogP contribution is -2.12. The lowest BCUT2D eigenvalue weighted by molar-refractivity contribution is -0.114. The van der Waals surface area contributed by atoms with E-state index in [1.165, 1.54) is 24.3 Å². The molecule has 1 aromatic carbocycles. The van der Waals surface area contributed by atoms with Crippen LogP contribution in [0.15, 0.2) is 23.8 Å². The first-order valence-electron chi connectivity index (χ1n) is 5.61. The average Bonchev–Trinajstić information content (AvgIpc) is 2.38. The zero-order chi connectivity index (χ0) is 15.1. The fourth-order valence-corrected chi connectivity index (χ4v) is 1.40. The van der Waals surface area contributed by atoms with Crippen LogP contribution in [0.2, 0.25) is 0 Å². The van der Waals surface area contributed by atoms with Crippen molar-refractivity contribution >= 4 is 12.0 Å². The van der Waals surface area contributed by atoms with Gasteiger partial charge in [0.15, 0.2) is 11.5 Å². The monoisotopic (exact) mass is 282 g/mol. The minimum atomic E-state index is -2.98. The number of benzene rings is 1. The first-order chi connectivity index (χ1) is 9.47. The third-order valence-electron chi connectivity index (χ3n) is 2.18. The van der Waals surface area contributed by atoms with Crippen LogP contribution in [-0.2, 0) is 4.79 Å². The quantitative estimate of drug-likeness (QED) is 0.639. The van der Waals surface area contributed by atoms with Gasteiger partial charge in [-0.15, -0.1) is 0 Å². The Morgan fingerprint density at radius 2 is 2.20 bits per heavy atom. The van der Waals surface area contributed by atoms with Gasteiger partial charge in [-0.2, -0.15) is 14.0 Å². The van der Waals surface area contributed by atoms with E-state index in [9.17, 15) is 13.6 Å². The van der Waals surface area contributed by atoms with Crippen molar-refractivity contribution in [1.82, 2.24) is 0 Å². The van der Waals surface area contributed by atoms with E-state index in [2.05, 4.69) is 4.74 Å². The topological polar surface area (TPSA) is 85.3 Å². The van der Waals surface area contributed by atoms with Gasteiger partial charge in [0.05, 0.1) is 6.61 Å². The van der Waals surface area contributed by atoms with Crippen molar-refractivity contribution in [3.8, 4) is 17.6 Å². The number of amides is 1. The first kappa shape index (κ1) is 15.4. The molecule has 0 unspecified atom stereocenters. The van der Waals surface area contributed by atoms with Crippen LogP contribution in [0.1, 0.15) is 12.5 Å². The molecule has 0 bridgehead atoms. The lowest BCUT2D eigenvalue weighted by atomic mass is 10.1. The molecule has 0 fully saturated rings. The van der Waals surface area contributed by atoms with Gasteiger partial charge in [-0.1, -0.05) is 6.07 Å². The second-order valence-electron chi connectivity index (χ2n) is 3.55. The molecule has 0 heterocycles. The summed E-state index contributed by atoms with van der Waals surface area (Å²) in [5.74, 6) is -0.918. The van der Waals surface area contributed by atoms with Crippen LogP contribution in [0.5, 0.6) is 11.5 Å². The van der Waals surface area contributed by atoms with Crippen LogP contribution < -0.4 is 15.2 Å². The zero-order valence-corrected chi connectivity index (χ0v) is 10.6. The highest BCUT2D eigenvalue weighted by Crippen LogP contribution is 2.30. The molecule has 2 N–H and O–H groups in total. The van der Waals surface area contributed by atoms with Gasteiger partial charge in [0, 0.05) is 0 Å². The minimum absolute atomic E-state index is 0.0864. The van der Waals surface area contributed by atoms with Crippen molar-refractivity contribution in [2.24, 2.45) is 5.73 Å². The summed E-state index contributed by atoms with van der Waals surface area (Å²) in [6, 6.07) is 5.69. The van der Waals surface area contributed by atoms with E-state index in [1.807, 2.05) is 0 Å². The molecular weight excluding hydrogens is 270 g/mol. The number of carbonyl (C=O) groups excluding carboxylic acids is 1. The highest BCUT2D eigenvalue weighted by molar-refractivity contribution is 6.00. The summed E-state index contributed by atoms with van der Waals surface area (Å²) in [4.78, 5) is 10.9. The van der Waals surface area contributed by atoms with Crippen molar-refractivity contribution in [2.75, 3.05) is 6.61 Å². The van der Waals surface area contributed by atoms with Gasteiger partial charge < -0.3 is 15.2 Å². The molecule has 0 saturated heterocycles. The Balaban J connectivity index is 3.16. The van der Waals surface area contributed by atoms with E-state index >= 15 is 0 Å². The normalized spacial score (nSPS) is 11.1. The van der Waals surface area contributed by atoms with Gasteiger partial charge in [0.2, 0.25) is 0 Å². The number of hydrogen-bond donors (Lipinski definition) is 1. The summed E-state index contributed by atoms with van der Waals surface area (Å²) >= 11 is 0. The maximum Gasteiger partial charge on any atom is 0.387 e. The number of nitrogens with two attached hydrogens (primary N) is 1. The molecule has 0 aliphatic rings. The average molecular weight is 282 g/mol. The molecular formula is C13H12F2N2O3. The Morgan fingerprint density at radius 3 is 2.70 bits per heavy atom. The molecule has 0 spiro atoms. The van der Waals surface area contributed by atoms with E-state index in [0.29, 0.717) is 5.56 Å². The van der Waals surface area contributed by atoms with Gasteiger partial charge in [0.25, 0.3) is 5.91 Å². The summed E-state index contributed by atoms with van der Waals surface area (Å²) in [6.45, 7) is -1.05. The molecule has 7 heteroatoms. The Morgan fingerprint density at radius 1 is 1.50 bits per heavy atom. The van der Waals surface area contributed by atoms with Crippen LogP contribution in [0.4, 0.5) is 8.78 Å². The number of carbonyl (C=O) groups is 1. The minimum Gasteiger partial charge on any atom is -0.490 e. The molecule has 0 radical (unpaired) electrons. The van der Waals surface area contributed by atoms with Crippen LogP contribution in [0.3, 0.4) is 0 Å².